The first kappa shape index (κ1) is 17.1. The van der Waals surface area contributed by atoms with Gasteiger partial charge in [0.25, 0.3) is 10.1 Å². The Morgan fingerprint density at radius 2 is 1.95 bits per heavy atom. The van der Waals surface area contributed by atoms with Gasteiger partial charge in [-0.2, -0.15) is 8.42 Å². The highest BCUT2D eigenvalue weighted by atomic mass is 32.2. The maximum absolute atomic E-state index is 12.0. The summed E-state index contributed by atoms with van der Waals surface area (Å²) in [5, 5.41) is 2.63. The van der Waals surface area contributed by atoms with E-state index in [2.05, 4.69) is 11.9 Å². The van der Waals surface area contributed by atoms with Crippen molar-refractivity contribution in [1.29, 1.82) is 0 Å². The molecule has 0 atom stereocenters. The summed E-state index contributed by atoms with van der Waals surface area (Å²) < 4.78 is 34.4. The molecule has 0 saturated carbocycles. The highest BCUT2D eigenvalue weighted by molar-refractivity contribution is 7.86. The SMILES string of the molecule is C=C(C)C(=O)NC(C)(C)CS(=O)(=O)OC1CCOCC1. The van der Waals surface area contributed by atoms with Crippen molar-refractivity contribution in [3.63, 3.8) is 0 Å². The van der Waals surface area contributed by atoms with Gasteiger partial charge in [-0.15, -0.1) is 0 Å². The fourth-order valence-electron chi connectivity index (χ4n) is 1.91. The number of rotatable bonds is 6. The Morgan fingerprint density at radius 1 is 1.40 bits per heavy atom. The van der Waals surface area contributed by atoms with Gasteiger partial charge in [0.05, 0.1) is 17.4 Å². The van der Waals surface area contributed by atoms with Crippen LogP contribution in [0.15, 0.2) is 12.2 Å². The molecule has 0 aromatic rings. The van der Waals surface area contributed by atoms with Crippen LogP contribution in [0.5, 0.6) is 0 Å². The number of nitrogens with one attached hydrogen (secondary N) is 1. The minimum atomic E-state index is -3.71. The Bertz CT molecular complexity index is 463. The smallest absolute Gasteiger partial charge is 0.269 e. The molecule has 20 heavy (non-hydrogen) atoms. The Morgan fingerprint density at radius 3 is 2.45 bits per heavy atom. The van der Waals surface area contributed by atoms with Crippen molar-refractivity contribution in [1.82, 2.24) is 5.32 Å². The molecule has 1 fully saturated rings. The predicted molar refractivity (Wildman–Crippen MR) is 75.7 cm³/mol. The fraction of sp³-hybridized carbons (Fsp3) is 0.769. The van der Waals surface area contributed by atoms with E-state index in [1.165, 1.54) is 0 Å². The van der Waals surface area contributed by atoms with E-state index in [0.717, 1.165) is 0 Å². The largest absolute Gasteiger partial charge is 0.381 e. The zero-order valence-electron chi connectivity index (χ0n) is 12.3. The van der Waals surface area contributed by atoms with E-state index in [1.54, 1.807) is 20.8 Å². The van der Waals surface area contributed by atoms with E-state index in [1.807, 2.05) is 0 Å². The lowest BCUT2D eigenvalue weighted by molar-refractivity contribution is -0.118. The van der Waals surface area contributed by atoms with E-state index in [0.29, 0.717) is 31.6 Å². The number of hydrogen-bond acceptors (Lipinski definition) is 5. The summed E-state index contributed by atoms with van der Waals surface area (Å²) in [6.45, 7) is 9.39. The van der Waals surface area contributed by atoms with Crippen molar-refractivity contribution in [2.75, 3.05) is 19.0 Å². The molecule has 1 aliphatic rings. The molecule has 6 nitrogen and oxygen atoms in total. The predicted octanol–water partition coefficient (Wildman–Crippen LogP) is 0.983. The molecule has 1 saturated heterocycles. The monoisotopic (exact) mass is 305 g/mol. The second kappa shape index (κ2) is 6.69. The summed E-state index contributed by atoms with van der Waals surface area (Å²) >= 11 is 0. The molecule has 0 bridgehead atoms. The summed E-state index contributed by atoms with van der Waals surface area (Å²) in [4.78, 5) is 11.6. The first-order valence-corrected chi connectivity index (χ1v) is 8.16. The van der Waals surface area contributed by atoms with Crippen LogP contribution in [0, 0.1) is 0 Å². The molecular weight excluding hydrogens is 282 g/mol. The maximum Gasteiger partial charge on any atom is 0.269 e. The second-order valence-corrected chi connectivity index (χ2v) is 7.32. The zero-order chi connectivity index (χ0) is 15.4. The van der Waals surface area contributed by atoms with E-state index < -0.39 is 15.7 Å². The maximum atomic E-state index is 12.0. The van der Waals surface area contributed by atoms with E-state index >= 15 is 0 Å². The van der Waals surface area contributed by atoms with Crippen molar-refractivity contribution in [2.45, 2.75) is 45.3 Å². The fourth-order valence-corrected chi connectivity index (χ4v) is 3.54. The van der Waals surface area contributed by atoms with Gasteiger partial charge >= 0.3 is 0 Å². The molecule has 1 rings (SSSR count). The van der Waals surface area contributed by atoms with Gasteiger partial charge in [-0.1, -0.05) is 6.58 Å². The molecular formula is C13H23NO5S. The lowest BCUT2D eigenvalue weighted by Crippen LogP contribution is -2.49. The Hall–Kier alpha value is -0.920. The van der Waals surface area contributed by atoms with Crippen LogP contribution >= 0.6 is 0 Å². The van der Waals surface area contributed by atoms with Crippen molar-refractivity contribution >= 4 is 16.0 Å². The average molecular weight is 305 g/mol. The molecule has 0 spiro atoms. The number of amides is 1. The molecule has 1 N–H and O–H groups in total. The quantitative estimate of drug-likeness (QED) is 0.584. The number of carbonyl (C=O) groups is 1. The third-order valence-electron chi connectivity index (χ3n) is 2.83. The van der Waals surface area contributed by atoms with E-state index in [-0.39, 0.29) is 17.8 Å². The Kier molecular flexibility index (Phi) is 5.73. The average Bonchev–Trinajstić information content (AvgIpc) is 2.26. The molecule has 0 aromatic heterocycles. The Labute approximate surface area is 120 Å². The third kappa shape index (κ3) is 6.02. The van der Waals surface area contributed by atoms with Crippen LogP contribution in [-0.4, -0.2) is 44.9 Å². The summed E-state index contributed by atoms with van der Waals surface area (Å²) in [7, 11) is -3.71. The van der Waals surface area contributed by atoms with Crippen LogP contribution in [0.4, 0.5) is 0 Å². The number of carbonyl (C=O) groups excluding carboxylic acids is 1. The summed E-state index contributed by atoms with van der Waals surface area (Å²) in [6.07, 6.45) is 0.802. The summed E-state index contributed by atoms with van der Waals surface area (Å²) in [5.74, 6) is -0.646. The van der Waals surface area contributed by atoms with Gasteiger partial charge in [-0.05, 0) is 33.6 Å². The molecule has 0 radical (unpaired) electrons. The van der Waals surface area contributed by atoms with Gasteiger partial charge in [-0.3, -0.25) is 8.98 Å². The molecule has 0 aromatic carbocycles. The van der Waals surface area contributed by atoms with Gasteiger partial charge in [0, 0.05) is 18.8 Å². The normalized spacial score (nSPS) is 17.8. The topological polar surface area (TPSA) is 81.7 Å². The van der Waals surface area contributed by atoms with Crippen molar-refractivity contribution in [3.8, 4) is 0 Å². The van der Waals surface area contributed by atoms with Gasteiger partial charge in [0.2, 0.25) is 5.91 Å². The lowest BCUT2D eigenvalue weighted by Gasteiger charge is -2.28. The second-order valence-electron chi connectivity index (χ2n) is 5.73. The van der Waals surface area contributed by atoms with Gasteiger partial charge in [-0.25, -0.2) is 0 Å². The number of hydrogen-bond donors (Lipinski definition) is 1. The van der Waals surface area contributed by atoms with Crippen molar-refractivity contribution in [3.05, 3.63) is 12.2 Å². The minimum absolute atomic E-state index is 0.281. The molecule has 0 unspecified atom stereocenters. The van der Waals surface area contributed by atoms with E-state index in [4.69, 9.17) is 8.92 Å². The van der Waals surface area contributed by atoms with Crippen LogP contribution in [0.3, 0.4) is 0 Å². The van der Waals surface area contributed by atoms with Gasteiger partial charge in [0.1, 0.15) is 0 Å². The van der Waals surface area contributed by atoms with Crippen LogP contribution in [-0.2, 0) is 23.8 Å². The molecule has 7 heteroatoms. The summed E-state index contributed by atoms with van der Waals surface area (Å²) in [5.41, 5.74) is -0.583. The Balaban J connectivity index is 2.59. The molecule has 1 aliphatic heterocycles. The van der Waals surface area contributed by atoms with Crippen LogP contribution < -0.4 is 5.32 Å². The standard InChI is InChI=1S/C13H23NO5S/c1-10(2)12(15)14-13(3,4)9-20(16,17)19-11-5-7-18-8-6-11/h11H,1,5-9H2,2-4H3,(H,14,15). The van der Waals surface area contributed by atoms with Crippen molar-refractivity contribution < 1.29 is 22.1 Å². The minimum Gasteiger partial charge on any atom is -0.381 e. The first-order chi connectivity index (χ1) is 9.11. The first-order valence-electron chi connectivity index (χ1n) is 6.58. The van der Waals surface area contributed by atoms with Crippen LogP contribution in [0.25, 0.3) is 0 Å². The highest BCUT2D eigenvalue weighted by Gasteiger charge is 2.31. The third-order valence-corrected chi connectivity index (χ3v) is 4.47. The van der Waals surface area contributed by atoms with Gasteiger partial charge in [0.15, 0.2) is 0 Å². The molecule has 1 heterocycles. The highest BCUT2D eigenvalue weighted by Crippen LogP contribution is 2.17. The zero-order valence-corrected chi connectivity index (χ0v) is 13.1. The lowest BCUT2D eigenvalue weighted by atomic mass is 10.1. The molecule has 116 valence electrons. The molecule has 0 aliphatic carbocycles. The van der Waals surface area contributed by atoms with E-state index in [9.17, 15) is 13.2 Å². The van der Waals surface area contributed by atoms with Gasteiger partial charge < -0.3 is 10.1 Å². The van der Waals surface area contributed by atoms with Crippen LogP contribution in [0.1, 0.15) is 33.6 Å². The molecule has 1 amide bonds. The van der Waals surface area contributed by atoms with Crippen LogP contribution in [0.2, 0.25) is 0 Å². The number of ether oxygens (including phenoxy) is 1. The summed E-state index contributed by atoms with van der Waals surface area (Å²) in [6, 6.07) is 0. The van der Waals surface area contributed by atoms with Crippen molar-refractivity contribution in [2.24, 2.45) is 0 Å².